The van der Waals surface area contributed by atoms with Gasteiger partial charge >= 0.3 is 0 Å². The van der Waals surface area contributed by atoms with E-state index in [1.54, 1.807) is 11.3 Å². The maximum Gasteiger partial charge on any atom is 0.226 e. The number of anilines is 1. The number of thiazole rings is 1. The van der Waals surface area contributed by atoms with Crippen LogP contribution in [-0.4, -0.2) is 26.8 Å². The zero-order valence-electron chi connectivity index (χ0n) is 10.9. The first-order chi connectivity index (χ1) is 9.25. The van der Waals surface area contributed by atoms with Gasteiger partial charge in [-0.1, -0.05) is 12.8 Å². The van der Waals surface area contributed by atoms with Gasteiger partial charge in [-0.3, -0.25) is 4.57 Å². The number of aromatic nitrogens is 4. The van der Waals surface area contributed by atoms with Gasteiger partial charge in [-0.15, -0.1) is 16.4 Å². The summed E-state index contributed by atoms with van der Waals surface area (Å²) in [6.07, 6.45) is 4.97. The van der Waals surface area contributed by atoms with Crippen LogP contribution in [0.15, 0.2) is 10.9 Å². The van der Waals surface area contributed by atoms with Gasteiger partial charge in [-0.2, -0.15) is 0 Å². The molecule has 1 N–H and O–H groups in total. The van der Waals surface area contributed by atoms with Crippen molar-refractivity contribution in [3.8, 4) is 0 Å². The van der Waals surface area contributed by atoms with Crippen molar-refractivity contribution in [3.05, 3.63) is 21.4 Å². The van der Waals surface area contributed by atoms with E-state index in [2.05, 4.69) is 30.0 Å². The summed E-state index contributed by atoms with van der Waals surface area (Å²) in [5.41, 5.74) is 2.93. The van der Waals surface area contributed by atoms with E-state index in [0.29, 0.717) is 6.04 Å². The summed E-state index contributed by atoms with van der Waals surface area (Å²) in [4.78, 5) is 6.43. The molecule has 0 unspecified atom stereocenters. The minimum atomic E-state index is 0.499. The van der Waals surface area contributed by atoms with Gasteiger partial charge in [0, 0.05) is 18.5 Å². The predicted molar refractivity (Wildman–Crippen MR) is 79.1 cm³/mol. The second kappa shape index (κ2) is 5.42. The van der Waals surface area contributed by atoms with E-state index in [1.165, 1.54) is 25.7 Å². The fourth-order valence-electron chi connectivity index (χ4n) is 2.69. The summed E-state index contributed by atoms with van der Waals surface area (Å²) >= 11 is 7.00. The summed E-state index contributed by atoms with van der Waals surface area (Å²) in [5, 5.41) is 9.39. The van der Waals surface area contributed by atoms with Gasteiger partial charge in [0.1, 0.15) is 0 Å². The summed E-state index contributed by atoms with van der Waals surface area (Å²) in [5.74, 6) is 0.921. The van der Waals surface area contributed by atoms with Gasteiger partial charge in [-0.25, -0.2) is 10.1 Å². The molecule has 0 bridgehead atoms. The standard InChI is InChI=1S/C12H17N5S2/c1-16(6-9-7-19-8-13-9)11-14-15-12(18)17(11)10-4-2-3-5-10/h7-8,10H,2-6H2,1H3,(H,15,18). The number of rotatable bonds is 4. The Bertz CT molecular complexity index is 580. The third-order valence-corrected chi connectivity index (χ3v) is 4.52. The van der Waals surface area contributed by atoms with E-state index in [-0.39, 0.29) is 0 Å². The molecule has 7 heteroatoms. The van der Waals surface area contributed by atoms with Crippen molar-refractivity contribution >= 4 is 29.5 Å². The zero-order valence-corrected chi connectivity index (χ0v) is 12.5. The number of nitrogens with one attached hydrogen (secondary N) is 1. The largest absolute Gasteiger partial charge is 0.338 e. The van der Waals surface area contributed by atoms with E-state index in [9.17, 15) is 0 Å². The quantitative estimate of drug-likeness (QED) is 0.880. The van der Waals surface area contributed by atoms with Gasteiger partial charge in [0.15, 0.2) is 4.77 Å². The van der Waals surface area contributed by atoms with Crippen molar-refractivity contribution in [1.29, 1.82) is 0 Å². The van der Waals surface area contributed by atoms with Crippen LogP contribution in [0, 0.1) is 4.77 Å². The SMILES string of the molecule is CN(Cc1cscn1)c1n[nH]c(=S)n1C1CCCC1. The van der Waals surface area contributed by atoms with Crippen LogP contribution in [-0.2, 0) is 6.54 Å². The molecule has 0 radical (unpaired) electrons. The van der Waals surface area contributed by atoms with E-state index >= 15 is 0 Å². The molecule has 2 heterocycles. The third kappa shape index (κ3) is 2.57. The molecule has 0 aliphatic heterocycles. The Morgan fingerprint density at radius 2 is 2.32 bits per heavy atom. The molecule has 1 saturated carbocycles. The highest BCUT2D eigenvalue weighted by atomic mass is 32.1. The smallest absolute Gasteiger partial charge is 0.226 e. The van der Waals surface area contributed by atoms with Crippen LogP contribution in [0.3, 0.4) is 0 Å². The minimum absolute atomic E-state index is 0.499. The van der Waals surface area contributed by atoms with Crippen molar-refractivity contribution < 1.29 is 0 Å². The normalized spacial score (nSPS) is 16.1. The lowest BCUT2D eigenvalue weighted by atomic mass is 10.2. The Hall–Kier alpha value is -1.21. The summed E-state index contributed by atoms with van der Waals surface area (Å²) in [6, 6.07) is 0.499. The highest BCUT2D eigenvalue weighted by molar-refractivity contribution is 7.71. The molecule has 3 rings (SSSR count). The van der Waals surface area contributed by atoms with Gasteiger partial charge in [0.05, 0.1) is 17.7 Å². The molecule has 2 aromatic heterocycles. The Morgan fingerprint density at radius 1 is 1.53 bits per heavy atom. The first-order valence-corrected chi connectivity index (χ1v) is 7.86. The Kier molecular flexibility index (Phi) is 3.65. The van der Waals surface area contributed by atoms with E-state index in [1.807, 2.05) is 12.6 Å². The minimum Gasteiger partial charge on any atom is -0.338 e. The lowest BCUT2D eigenvalue weighted by molar-refractivity contribution is 0.508. The number of aromatic amines is 1. The first-order valence-electron chi connectivity index (χ1n) is 6.51. The molecule has 1 aliphatic rings. The molecule has 5 nitrogen and oxygen atoms in total. The molecule has 2 aromatic rings. The zero-order chi connectivity index (χ0) is 13.2. The van der Waals surface area contributed by atoms with Gasteiger partial charge < -0.3 is 4.90 Å². The number of nitrogens with zero attached hydrogens (tertiary/aromatic N) is 4. The van der Waals surface area contributed by atoms with Crippen molar-refractivity contribution in [2.45, 2.75) is 38.3 Å². The average molecular weight is 295 g/mol. The Balaban J connectivity index is 1.85. The highest BCUT2D eigenvalue weighted by Gasteiger charge is 2.22. The monoisotopic (exact) mass is 295 g/mol. The van der Waals surface area contributed by atoms with Gasteiger partial charge in [0.2, 0.25) is 5.95 Å². The first kappa shape index (κ1) is 12.8. The van der Waals surface area contributed by atoms with Crippen LogP contribution < -0.4 is 4.90 Å². The van der Waals surface area contributed by atoms with Crippen LogP contribution in [0.2, 0.25) is 0 Å². The molecule has 0 atom stereocenters. The van der Waals surface area contributed by atoms with E-state index in [4.69, 9.17) is 12.2 Å². The van der Waals surface area contributed by atoms with E-state index in [0.717, 1.165) is 23.0 Å². The molecule has 0 aromatic carbocycles. The Morgan fingerprint density at radius 3 is 3.00 bits per heavy atom. The summed E-state index contributed by atoms with van der Waals surface area (Å²) in [7, 11) is 2.04. The number of H-pyrrole nitrogens is 1. The van der Waals surface area contributed by atoms with Crippen molar-refractivity contribution in [3.63, 3.8) is 0 Å². The van der Waals surface area contributed by atoms with Crippen molar-refractivity contribution in [1.82, 2.24) is 19.7 Å². The van der Waals surface area contributed by atoms with Crippen molar-refractivity contribution in [2.75, 3.05) is 11.9 Å². The summed E-state index contributed by atoms with van der Waals surface area (Å²) in [6.45, 7) is 0.760. The Labute approximate surface area is 121 Å². The molecule has 0 amide bonds. The molecule has 1 fully saturated rings. The second-order valence-corrected chi connectivity index (χ2v) is 6.08. The molecule has 0 saturated heterocycles. The summed E-state index contributed by atoms with van der Waals surface area (Å²) < 4.78 is 2.90. The van der Waals surface area contributed by atoms with Crippen LogP contribution in [0.25, 0.3) is 0 Å². The maximum atomic E-state index is 5.38. The average Bonchev–Trinajstić information content (AvgIpc) is 3.08. The lowest BCUT2D eigenvalue weighted by Gasteiger charge is -2.21. The molecule has 0 spiro atoms. The van der Waals surface area contributed by atoms with Crippen LogP contribution in [0.1, 0.15) is 37.4 Å². The molecular formula is C12H17N5S2. The molecule has 102 valence electrons. The number of hydrogen-bond donors (Lipinski definition) is 1. The van der Waals surface area contributed by atoms with Gasteiger partial charge in [0.25, 0.3) is 0 Å². The second-order valence-electron chi connectivity index (χ2n) is 4.97. The fourth-order valence-corrected chi connectivity index (χ4v) is 3.51. The van der Waals surface area contributed by atoms with Crippen LogP contribution >= 0.6 is 23.6 Å². The molecule has 19 heavy (non-hydrogen) atoms. The third-order valence-electron chi connectivity index (χ3n) is 3.60. The molecule has 1 aliphatic carbocycles. The van der Waals surface area contributed by atoms with Crippen molar-refractivity contribution in [2.24, 2.45) is 0 Å². The molecular weight excluding hydrogens is 278 g/mol. The van der Waals surface area contributed by atoms with Crippen LogP contribution in [0.5, 0.6) is 0 Å². The fraction of sp³-hybridized carbons (Fsp3) is 0.583. The highest BCUT2D eigenvalue weighted by Crippen LogP contribution is 2.32. The maximum absolute atomic E-state index is 5.38. The predicted octanol–water partition coefficient (Wildman–Crippen LogP) is 3.15. The van der Waals surface area contributed by atoms with Gasteiger partial charge in [-0.05, 0) is 25.1 Å². The topological polar surface area (TPSA) is 49.7 Å². The lowest BCUT2D eigenvalue weighted by Crippen LogP contribution is -2.22. The van der Waals surface area contributed by atoms with Crippen LogP contribution in [0.4, 0.5) is 5.95 Å². The number of hydrogen-bond acceptors (Lipinski definition) is 5. The van der Waals surface area contributed by atoms with E-state index < -0.39 is 0 Å².